The fourth-order valence-electron chi connectivity index (χ4n) is 3.75. The molecule has 1 amide bonds. The van der Waals surface area contributed by atoms with E-state index in [0.717, 1.165) is 57.2 Å². The summed E-state index contributed by atoms with van der Waals surface area (Å²) >= 11 is 0. The van der Waals surface area contributed by atoms with Crippen LogP contribution in [0.15, 0.2) is 18.2 Å². The van der Waals surface area contributed by atoms with Crippen molar-refractivity contribution in [2.45, 2.75) is 45.6 Å². The minimum Gasteiger partial charge on any atom is -0.381 e. The highest BCUT2D eigenvalue weighted by molar-refractivity contribution is 5.76. The molecule has 0 aromatic carbocycles. The summed E-state index contributed by atoms with van der Waals surface area (Å²) in [6.45, 7) is 8.38. The molecular weight excluding hydrogens is 302 g/mol. The molecule has 3 heterocycles. The Hall–Kier alpha value is -1.62. The number of piperazine rings is 1. The number of hydrogen-bond acceptors (Lipinski definition) is 4. The third-order valence-corrected chi connectivity index (χ3v) is 5.17. The normalized spacial score (nSPS) is 24.9. The van der Waals surface area contributed by atoms with Crippen LogP contribution in [-0.2, 0) is 9.53 Å². The molecule has 0 spiro atoms. The van der Waals surface area contributed by atoms with Crippen LogP contribution in [0.5, 0.6) is 0 Å². The number of aromatic nitrogens is 1. The van der Waals surface area contributed by atoms with Crippen LogP contribution >= 0.6 is 0 Å². The van der Waals surface area contributed by atoms with Crippen molar-refractivity contribution in [1.82, 2.24) is 9.88 Å². The Kier molecular flexibility index (Phi) is 5.72. The molecule has 2 saturated heterocycles. The summed E-state index contributed by atoms with van der Waals surface area (Å²) in [6.07, 6.45) is 3.96. The van der Waals surface area contributed by atoms with E-state index in [2.05, 4.69) is 27.8 Å². The quantitative estimate of drug-likeness (QED) is 0.851. The first kappa shape index (κ1) is 17.2. The van der Waals surface area contributed by atoms with Gasteiger partial charge in [-0.2, -0.15) is 0 Å². The van der Waals surface area contributed by atoms with Crippen molar-refractivity contribution in [3.05, 3.63) is 23.9 Å². The maximum Gasteiger partial charge on any atom is 0.222 e. The molecule has 2 fully saturated rings. The van der Waals surface area contributed by atoms with E-state index in [0.29, 0.717) is 18.2 Å². The maximum absolute atomic E-state index is 12.6. The highest BCUT2D eigenvalue weighted by Gasteiger charge is 2.28. The first-order valence-corrected chi connectivity index (χ1v) is 9.19. The molecule has 3 rings (SSSR count). The molecule has 24 heavy (non-hydrogen) atoms. The Morgan fingerprint density at radius 3 is 2.96 bits per heavy atom. The molecule has 0 saturated carbocycles. The lowest BCUT2D eigenvalue weighted by Gasteiger charge is -2.40. The van der Waals surface area contributed by atoms with Gasteiger partial charge in [0.15, 0.2) is 0 Å². The van der Waals surface area contributed by atoms with E-state index in [-0.39, 0.29) is 6.04 Å². The van der Waals surface area contributed by atoms with E-state index in [1.54, 1.807) is 0 Å². The van der Waals surface area contributed by atoms with E-state index in [4.69, 9.17) is 4.74 Å². The van der Waals surface area contributed by atoms with Gasteiger partial charge in [-0.15, -0.1) is 0 Å². The molecular formula is C19H29N3O2. The van der Waals surface area contributed by atoms with Crippen molar-refractivity contribution < 1.29 is 9.53 Å². The van der Waals surface area contributed by atoms with Gasteiger partial charge in [0.05, 0.1) is 0 Å². The molecule has 2 aliphatic heterocycles. The van der Waals surface area contributed by atoms with Gasteiger partial charge >= 0.3 is 0 Å². The molecule has 0 bridgehead atoms. The Balaban J connectivity index is 1.50. The number of nitrogens with zero attached hydrogens (tertiary/aromatic N) is 3. The number of carbonyl (C=O) groups is 1. The lowest BCUT2D eigenvalue weighted by molar-refractivity contribution is -0.134. The van der Waals surface area contributed by atoms with Gasteiger partial charge in [0, 0.05) is 51.0 Å². The van der Waals surface area contributed by atoms with Gasteiger partial charge in [-0.1, -0.05) is 6.07 Å². The van der Waals surface area contributed by atoms with E-state index >= 15 is 0 Å². The largest absolute Gasteiger partial charge is 0.381 e. The first-order chi connectivity index (χ1) is 11.6. The molecule has 1 aromatic heterocycles. The Morgan fingerprint density at radius 2 is 2.25 bits per heavy atom. The van der Waals surface area contributed by atoms with Gasteiger partial charge in [-0.25, -0.2) is 4.98 Å². The molecule has 0 radical (unpaired) electrons. The smallest absolute Gasteiger partial charge is 0.222 e. The number of hydrogen-bond donors (Lipinski definition) is 0. The summed E-state index contributed by atoms with van der Waals surface area (Å²) in [5, 5.41) is 0. The summed E-state index contributed by atoms with van der Waals surface area (Å²) in [4.78, 5) is 21.5. The van der Waals surface area contributed by atoms with Crippen LogP contribution in [0.4, 0.5) is 5.82 Å². The molecule has 2 atom stereocenters. The lowest BCUT2D eigenvalue weighted by Crippen LogP contribution is -2.54. The van der Waals surface area contributed by atoms with Gasteiger partial charge in [0.2, 0.25) is 5.91 Å². The molecule has 0 aliphatic carbocycles. The van der Waals surface area contributed by atoms with Crippen LogP contribution < -0.4 is 4.90 Å². The summed E-state index contributed by atoms with van der Waals surface area (Å²) in [6, 6.07) is 6.35. The third kappa shape index (κ3) is 4.26. The number of amides is 1. The molecule has 5 nitrogen and oxygen atoms in total. The van der Waals surface area contributed by atoms with Crippen molar-refractivity contribution in [2.75, 3.05) is 37.7 Å². The second kappa shape index (κ2) is 7.97. The van der Waals surface area contributed by atoms with Gasteiger partial charge in [0.1, 0.15) is 5.82 Å². The van der Waals surface area contributed by atoms with Crippen molar-refractivity contribution in [3.8, 4) is 0 Å². The summed E-state index contributed by atoms with van der Waals surface area (Å²) in [5.41, 5.74) is 1.04. The van der Waals surface area contributed by atoms with Crippen LogP contribution in [-0.4, -0.2) is 54.7 Å². The number of ether oxygens (including phenoxy) is 1. The van der Waals surface area contributed by atoms with Crippen molar-refractivity contribution >= 4 is 11.7 Å². The van der Waals surface area contributed by atoms with Crippen LogP contribution in [0.1, 0.15) is 38.3 Å². The Labute approximate surface area is 145 Å². The zero-order valence-electron chi connectivity index (χ0n) is 14.9. The molecule has 2 aliphatic rings. The first-order valence-electron chi connectivity index (χ1n) is 9.19. The molecule has 1 aromatic rings. The fourth-order valence-corrected chi connectivity index (χ4v) is 3.75. The monoisotopic (exact) mass is 331 g/mol. The number of anilines is 1. The zero-order valence-corrected chi connectivity index (χ0v) is 14.9. The van der Waals surface area contributed by atoms with Gasteiger partial charge in [-0.05, 0) is 51.2 Å². The van der Waals surface area contributed by atoms with Crippen LogP contribution in [0.25, 0.3) is 0 Å². The molecule has 0 unspecified atom stereocenters. The van der Waals surface area contributed by atoms with Crippen molar-refractivity contribution in [2.24, 2.45) is 5.92 Å². The third-order valence-electron chi connectivity index (χ3n) is 5.17. The van der Waals surface area contributed by atoms with Crippen LogP contribution in [0, 0.1) is 12.8 Å². The standard InChI is InChI=1S/C19H29N3O2/c1-15-5-3-7-18(20-15)21-10-11-22(16(2)13-21)19(23)9-8-17-6-4-12-24-14-17/h3,5,7,16-17H,4,6,8-14H2,1-2H3/t16-,17+/m0/s1. The Morgan fingerprint density at radius 1 is 1.38 bits per heavy atom. The molecule has 5 heteroatoms. The van der Waals surface area contributed by atoms with Crippen LogP contribution in [0.2, 0.25) is 0 Å². The summed E-state index contributed by atoms with van der Waals surface area (Å²) < 4.78 is 5.52. The van der Waals surface area contributed by atoms with Crippen LogP contribution in [0.3, 0.4) is 0 Å². The highest BCUT2D eigenvalue weighted by atomic mass is 16.5. The zero-order chi connectivity index (χ0) is 16.9. The molecule has 0 N–H and O–H groups in total. The molecule has 132 valence electrons. The van der Waals surface area contributed by atoms with E-state index in [1.807, 2.05) is 19.1 Å². The number of rotatable bonds is 4. The Bertz CT molecular complexity index is 557. The minimum absolute atomic E-state index is 0.233. The van der Waals surface area contributed by atoms with Crippen molar-refractivity contribution in [1.29, 1.82) is 0 Å². The average Bonchev–Trinajstić information content (AvgIpc) is 2.60. The lowest BCUT2D eigenvalue weighted by atomic mass is 9.96. The number of pyridine rings is 1. The second-order valence-electron chi connectivity index (χ2n) is 7.14. The van der Waals surface area contributed by atoms with E-state index in [9.17, 15) is 4.79 Å². The number of carbonyl (C=O) groups excluding carboxylic acids is 1. The average molecular weight is 331 g/mol. The maximum atomic E-state index is 12.6. The highest BCUT2D eigenvalue weighted by Crippen LogP contribution is 2.22. The number of aryl methyl sites for hydroxylation is 1. The predicted molar refractivity (Wildman–Crippen MR) is 95.1 cm³/mol. The van der Waals surface area contributed by atoms with Gasteiger partial charge in [0.25, 0.3) is 0 Å². The fraction of sp³-hybridized carbons (Fsp3) is 0.684. The predicted octanol–water partition coefficient (Wildman–Crippen LogP) is 2.63. The summed E-state index contributed by atoms with van der Waals surface area (Å²) in [7, 11) is 0. The minimum atomic E-state index is 0.233. The SMILES string of the molecule is Cc1cccc(N2CCN(C(=O)CC[C@H]3CCCOC3)[C@@H](C)C2)n1. The summed E-state index contributed by atoms with van der Waals surface area (Å²) in [5.74, 6) is 1.88. The topological polar surface area (TPSA) is 45.7 Å². The second-order valence-corrected chi connectivity index (χ2v) is 7.14. The van der Waals surface area contributed by atoms with Crippen molar-refractivity contribution in [3.63, 3.8) is 0 Å². The van der Waals surface area contributed by atoms with Gasteiger partial charge < -0.3 is 14.5 Å². The van der Waals surface area contributed by atoms with Gasteiger partial charge in [-0.3, -0.25) is 4.79 Å². The van der Waals surface area contributed by atoms with E-state index < -0.39 is 0 Å². The van der Waals surface area contributed by atoms with E-state index in [1.165, 1.54) is 6.42 Å².